The molecule has 1 aromatic heterocycles. The Kier molecular flexibility index (Phi) is 4.90. The molecule has 112 valence electrons. The summed E-state index contributed by atoms with van der Waals surface area (Å²) in [6.07, 6.45) is 3.87. The van der Waals surface area contributed by atoms with Gasteiger partial charge < -0.3 is 4.57 Å². The summed E-state index contributed by atoms with van der Waals surface area (Å²) in [6, 6.07) is 7.95. The molecule has 0 fully saturated rings. The highest BCUT2D eigenvalue weighted by Gasteiger charge is 2.30. The molecular formula is C17H22ClN3. The normalized spacial score (nSPS) is 11.8. The molecule has 0 bridgehead atoms. The van der Waals surface area contributed by atoms with Crippen LogP contribution in [-0.4, -0.2) is 15.4 Å². The molecule has 0 aliphatic rings. The van der Waals surface area contributed by atoms with E-state index in [-0.39, 0.29) is 5.54 Å². The van der Waals surface area contributed by atoms with Gasteiger partial charge in [-0.3, -0.25) is 0 Å². The van der Waals surface area contributed by atoms with Crippen LogP contribution in [0.25, 0.3) is 11.0 Å². The maximum atomic E-state index is 9.17. The van der Waals surface area contributed by atoms with E-state index < -0.39 is 0 Å². The van der Waals surface area contributed by atoms with Crippen LogP contribution in [0.2, 0.25) is 0 Å². The minimum absolute atomic E-state index is 0.0459. The molecule has 0 aliphatic heterocycles. The molecule has 21 heavy (non-hydrogen) atoms. The van der Waals surface area contributed by atoms with Crippen molar-refractivity contribution in [3.05, 3.63) is 29.6 Å². The molecule has 2 aromatic rings. The van der Waals surface area contributed by atoms with Crippen molar-refractivity contribution in [1.29, 1.82) is 5.26 Å². The van der Waals surface area contributed by atoms with Gasteiger partial charge in [0.15, 0.2) is 0 Å². The van der Waals surface area contributed by atoms with E-state index in [9.17, 15) is 5.26 Å². The molecule has 3 nitrogen and oxygen atoms in total. The Morgan fingerprint density at radius 2 is 1.90 bits per heavy atom. The molecule has 1 heterocycles. The Balaban J connectivity index is 2.78. The standard InChI is InChI=1S/C17H22ClN3/c1-4-17(5-2,6-3)21-15-11-13(12-19)7-8-14(15)20-16(21)9-10-18/h7-8,11H,4-6,9-10H2,1-3H3. The summed E-state index contributed by atoms with van der Waals surface area (Å²) in [5.41, 5.74) is 2.73. The summed E-state index contributed by atoms with van der Waals surface area (Å²) < 4.78 is 2.34. The highest BCUT2D eigenvalue weighted by Crippen LogP contribution is 2.35. The van der Waals surface area contributed by atoms with E-state index in [1.807, 2.05) is 18.2 Å². The average Bonchev–Trinajstić information content (AvgIpc) is 2.88. The van der Waals surface area contributed by atoms with Gasteiger partial charge in [-0.25, -0.2) is 4.98 Å². The number of benzene rings is 1. The second-order valence-electron chi connectivity index (χ2n) is 5.40. The lowest BCUT2D eigenvalue weighted by Gasteiger charge is -2.34. The van der Waals surface area contributed by atoms with Crippen LogP contribution in [0, 0.1) is 11.3 Å². The zero-order chi connectivity index (χ0) is 15.5. The lowest BCUT2D eigenvalue weighted by molar-refractivity contribution is 0.251. The zero-order valence-corrected chi connectivity index (χ0v) is 13.7. The van der Waals surface area contributed by atoms with E-state index in [2.05, 4.69) is 31.4 Å². The number of aromatic nitrogens is 2. The highest BCUT2D eigenvalue weighted by atomic mass is 35.5. The smallest absolute Gasteiger partial charge is 0.111 e. The molecule has 0 N–H and O–H groups in total. The molecule has 2 rings (SSSR count). The first-order chi connectivity index (χ1) is 10.2. The van der Waals surface area contributed by atoms with E-state index in [0.717, 1.165) is 42.5 Å². The fraction of sp³-hybridized carbons (Fsp3) is 0.529. The maximum absolute atomic E-state index is 9.17. The van der Waals surface area contributed by atoms with Crippen LogP contribution in [0.1, 0.15) is 51.4 Å². The minimum Gasteiger partial charge on any atom is -0.322 e. The number of fused-ring (bicyclic) bond motifs is 1. The van der Waals surface area contributed by atoms with Gasteiger partial charge in [0.05, 0.1) is 22.7 Å². The fourth-order valence-corrected chi connectivity index (χ4v) is 3.37. The molecule has 0 saturated carbocycles. The molecular weight excluding hydrogens is 282 g/mol. The third kappa shape index (κ3) is 2.65. The van der Waals surface area contributed by atoms with Gasteiger partial charge >= 0.3 is 0 Å². The first kappa shape index (κ1) is 15.9. The Morgan fingerprint density at radius 3 is 2.43 bits per heavy atom. The van der Waals surface area contributed by atoms with Crippen LogP contribution in [0.5, 0.6) is 0 Å². The van der Waals surface area contributed by atoms with Crippen LogP contribution < -0.4 is 0 Å². The number of rotatable bonds is 6. The monoisotopic (exact) mass is 303 g/mol. The first-order valence-corrected chi connectivity index (χ1v) is 8.17. The van der Waals surface area contributed by atoms with Crippen LogP contribution in [0.15, 0.2) is 18.2 Å². The second kappa shape index (κ2) is 6.49. The first-order valence-electron chi connectivity index (χ1n) is 7.63. The average molecular weight is 304 g/mol. The number of halogens is 1. The maximum Gasteiger partial charge on any atom is 0.111 e. The SMILES string of the molecule is CCC(CC)(CC)n1c(CCCl)nc2ccc(C#N)cc21. The molecule has 0 aliphatic carbocycles. The van der Waals surface area contributed by atoms with E-state index >= 15 is 0 Å². The van der Waals surface area contributed by atoms with Gasteiger partial charge in [-0.1, -0.05) is 20.8 Å². The van der Waals surface area contributed by atoms with E-state index in [0.29, 0.717) is 11.4 Å². The summed E-state index contributed by atoms with van der Waals surface area (Å²) in [5.74, 6) is 1.59. The van der Waals surface area contributed by atoms with Gasteiger partial charge in [0, 0.05) is 17.8 Å². The van der Waals surface area contributed by atoms with Gasteiger partial charge in [-0.2, -0.15) is 5.26 Å². The highest BCUT2D eigenvalue weighted by molar-refractivity contribution is 6.17. The fourth-order valence-electron chi connectivity index (χ4n) is 3.20. The van der Waals surface area contributed by atoms with Crippen molar-refractivity contribution in [2.24, 2.45) is 0 Å². The number of nitrogens with zero attached hydrogens (tertiary/aromatic N) is 3. The molecule has 4 heteroatoms. The Morgan fingerprint density at radius 1 is 1.24 bits per heavy atom. The van der Waals surface area contributed by atoms with E-state index in [1.165, 1.54) is 0 Å². The Bertz CT molecular complexity index is 654. The Labute approximate surface area is 131 Å². The zero-order valence-electron chi connectivity index (χ0n) is 13.0. The van der Waals surface area contributed by atoms with E-state index in [4.69, 9.17) is 16.6 Å². The van der Waals surface area contributed by atoms with Crippen molar-refractivity contribution in [3.63, 3.8) is 0 Å². The van der Waals surface area contributed by atoms with Crippen molar-refractivity contribution in [3.8, 4) is 6.07 Å². The lowest BCUT2D eigenvalue weighted by atomic mass is 9.88. The molecule has 0 unspecified atom stereocenters. The van der Waals surface area contributed by atoms with Crippen molar-refractivity contribution >= 4 is 22.6 Å². The Hall–Kier alpha value is -1.53. The van der Waals surface area contributed by atoms with Crippen molar-refractivity contribution in [2.45, 2.75) is 52.0 Å². The summed E-state index contributed by atoms with van der Waals surface area (Å²) >= 11 is 5.97. The predicted octanol–water partition coefficient (Wildman–Crippen LogP) is 4.61. The molecule has 0 radical (unpaired) electrons. The lowest BCUT2D eigenvalue weighted by Crippen LogP contribution is -2.33. The topological polar surface area (TPSA) is 41.6 Å². The molecule has 1 aromatic carbocycles. The van der Waals surface area contributed by atoms with Crippen LogP contribution in [-0.2, 0) is 12.0 Å². The number of hydrogen-bond acceptors (Lipinski definition) is 2. The van der Waals surface area contributed by atoms with Gasteiger partial charge in [0.1, 0.15) is 5.82 Å². The largest absolute Gasteiger partial charge is 0.322 e. The summed E-state index contributed by atoms with van der Waals surface area (Å²) in [5, 5.41) is 9.17. The number of alkyl halides is 1. The minimum atomic E-state index is 0.0459. The summed E-state index contributed by atoms with van der Waals surface area (Å²) in [6.45, 7) is 6.66. The molecule has 0 atom stereocenters. The summed E-state index contributed by atoms with van der Waals surface area (Å²) in [7, 11) is 0. The van der Waals surface area contributed by atoms with Crippen molar-refractivity contribution in [1.82, 2.24) is 9.55 Å². The third-order valence-electron chi connectivity index (χ3n) is 4.62. The van der Waals surface area contributed by atoms with Crippen molar-refractivity contribution < 1.29 is 0 Å². The number of imidazole rings is 1. The second-order valence-corrected chi connectivity index (χ2v) is 5.78. The predicted molar refractivity (Wildman–Crippen MR) is 87.7 cm³/mol. The van der Waals surface area contributed by atoms with Gasteiger partial charge in [-0.15, -0.1) is 11.6 Å². The molecule has 0 saturated heterocycles. The van der Waals surface area contributed by atoms with Crippen LogP contribution in [0.4, 0.5) is 0 Å². The molecule has 0 spiro atoms. The van der Waals surface area contributed by atoms with Gasteiger partial charge in [0.2, 0.25) is 0 Å². The quantitative estimate of drug-likeness (QED) is 0.731. The van der Waals surface area contributed by atoms with Crippen molar-refractivity contribution in [2.75, 3.05) is 5.88 Å². The van der Waals surface area contributed by atoms with Gasteiger partial charge in [0.25, 0.3) is 0 Å². The van der Waals surface area contributed by atoms with E-state index in [1.54, 1.807) is 0 Å². The van der Waals surface area contributed by atoms with Crippen LogP contribution >= 0.6 is 11.6 Å². The number of nitriles is 1. The van der Waals surface area contributed by atoms with Crippen LogP contribution in [0.3, 0.4) is 0 Å². The third-order valence-corrected chi connectivity index (χ3v) is 4.81. The number of hydrogen-bond donors (Lipinski definition) is 0. The summed E-state index contributed by atoms with van der Waals surface area (Å²) in [4.78, 5) is 4.76. The number of aryl methyl sites for hydroxylation is 1. The van der Waals surface area contributed by atoms with Gasteiger partial charge in [-0.05, 0) is 37.5 Å². The molecule has 0 amide bonds.